The van der Waals surface area contributed by atoms with E-state index >= 15 is 0 Å². The molecular weight excluding hydrogens is 264 g/mol. The molecule has 0 aliphatic carbocycles. The maximum atomic E-state index is 11.4. The molecule has 0 saturated heterocycles. The van der Waals surface area contributed by atoms with Crippen LogP contribution >= 0.6 is 0 Å². The molecule has 0 aliphatic rings. The third-order valence-electron chi connectivity index (χ3n) is 3.43. The van der Waals surface area contributed by atoms with Crippen molar-refractivity contribution in [2.45, 2.75) is 43.7 Å². The molecule has 1 aromatic rings. The number of nitrogens with one attached hydrogen (secondary N) is 1. The lowest BCUT2D eigenvalue weighted by atomic mass is 9.85. The van der Waals surface area contributed by atoms with Gasteiger partial charge in [-0.3, -0.25) is 0 Å². The monoisotopic (exact) mass is 286 g/mol. The van der Waals surface area contributed by atoms with Crippen LogP contribution in [0, 0.1) is 0 Å². The zero-order valence-electron chi connectivity index (χ0n) is 12.0. The van der Waals surface area contributed by atoms with Gasteiger partial charge in [-0.2, -0.15) is 0 Å². The van der Waals surface area contributed by atoms with Crippen molar-refractivity contribution in [1.29, 1.82) is 0 Å². The maximum absolute atomic E-state index is 11.4. The number of anilines is 2. The molecule has 5 nitrogen and oxygen atoms in total. The smallest absolute Gasteiger partial charge is 0.175 e. The van der Waals surface area contributed by atoms with Crippen molar-refractivity contribution >= 4 is 21.2 Å². The molecule has 1 rings (SSSR count). The Balaban J connectivity index is 3.13. The molecule has 0 amide bonds. The molecule has 6 heteroatoms. The molecule has 1 aromatic carbocycles. The molecule has 19 heavy (non-hydrogen) atoms. The zero-order chi connectivity index (χ0) is 15.1. The minimum absolute atomic E-state index is 0.177. The topological polar surface area (TPSA) is 92.4 Å². The molecule has 0 atom stereocenters. The quantitative estimate of drug-likeness (QED) is 0.732. The summed E-state index contributed by atoms with van der Waals surface area (Å²) < 4.78 is 22.8. The summed E-state index contributed by atoms with van der Waals surface area (Å²) in [5.74, 6) is 0. The minimum atomic E-state index is -3.27. The Hall–Kier alpha value is -1.27. The van der Waals surface area contributed by atoms with Gasteiger partial charge in [-0.05, 0) is 45.9 Å². The molecular formula is C13H22N2O3S. The van der Waals surface area contributed by atoms with Gasteiger partial charge in [-0.1, -0.05) is 0 Å². The first-order valence-electron chi connectivity index (χ1n) is 5.95. The van der Waals surface area contributed by atoms with Crippen LogP contribution < -0.4 is 11.1 Å². The summed E-state index contributed by atoms with van der Waals surface area (Å²) in [7, 11) is -3.27. The lowest BCUT2D eigenvalue weighted by Gasteiger charge is -2.39. The highest BCUT2D eigenvalue weighted by Gasteiger charge is 2.35. The first-order valence-corrected chi connectivity index (χ1v) is 7.84. The lowest BCUT2D eigenvalue weighted by molar-refractivity contribution is 0.0241. The highest BCUT2D eigenvalue weighted by Crippen LogP contribution is 2.30. The van der Waals surface area contributed by atoms with Gasteiger partial charge in [0.05, 0.1) is 27.4 Å². The number of benzene rings is 1. The molecule has 0 fully saturated rings. The Morgan fingerprint density at radius 2 is 1.74 bits per heavy atom. The Morgan fingerprint density at radius 1 is 1.21 bits per heavy atom. The fourth-order valence-corrected chi connectivity index (χ4v) is 2.03. The van der Waals surface area contributed by atoms with Gasteiger partial charge < -0.3 is 16.2 Å². The Kier molecular flexibility index (Phi) is 3.89. The van der Waals surface area contributed by atoms with E-state index < -0.39 is 21.0 Å². The fraction of sp³-hybridized carbons (Fsp3) is 0.538. The average Bonchev–Trinajstić information content (AvgIpc) is 2.17. The van der Waals surface area contributed by atoms with Crippen LogP contribution in [0.15, 0.2) is 23.1 Å². The van der Waals surface area contributed by atoms with Crippen molar-refractivity contribution in [2.24, 2.45) is 0 Å². The molecule has 0 radical (unpaired) electrons. The van der Waals surface area contributed by atoms with E-state index in [1.54, 1.807) is 19.9 Å². The SMILES string of the molecule is CC(C)(O)C(C)(C)Nc1ccc(S(C)(=O)=O)cc1N. The molecule has 0 aromatic heterocycles. The Bertz CT molecular complexity index is 572. The summed E-state index contributed by atoms with van der Waals surface area (Å²) >= 11 is 0. The highest BCUT2D eigenvalue weighted by molar-refractivity contribution is 7.90. The number of rotatable bonds is 4. The van der Waals surface area contributed by atoms with Crippen LogP contribution in [-0.4, -0.2) is 30.9 Å². The lowest BCUT2D eigenvalue weighted by Crippen LogP contribution is -2.51. The van der Waals surface area contributed by atoms with E-state index in [-0.39, 0.29) is 4.90 Å². The second kappa shape index (κ2) is 4.68. The predicted octanol–water partition coefficient (Wildman–Crippen LogP) is 1.63. The van der Waals surface area contributed by atoms with E-state index in [4.69, 9.17) is 5.73 Å². The maximum Gasteiger partial charge on any atom is 0.175 e. The minimum Gasteiger partial charge on any atom is -0.397 e. The van der Waals surface area contributed by atoms with Gasteiger partial charge in [0.25, 0.3) is 0 Å². The van der Waals surface area contributed by atoms with E-state index in [0.717, 1.165) is 6.26 Å². The number of nitrogen functional groups attached to an aromatic ring is 1. The molecule has 0 spiro atoms. The summed E-state index contributed by atoms with van der Waals surface area (Å²) in [6.45, 7) is 7.08. The van der Waals surface area contributed by atoms with Gasteiger partial charge in [-0.25, -0.2) is 8.42 Å². The standard InChI is InChI=1S/C13H22N2O3S/c1-12(2,13(3,4)16)15-11-7-6-9(8-10(11)14)19(5,17)18/h6-8,15-16H,14H2,1-5H3. The van der Waals surface area contributed by atoms with Gasteiger partial charge >= 0.3 is 0 Å². The first kappa shape index (κ1) is 15.8. The van der Waals surface area contributed by atoms with Crippen LogP contribution in [0.1, 0.15) is 27.7 Å². The zero-order valence-corrected chi connectivity index (χ0v) is 12.8. The number of hydrogen-bond acceptors (Lipinski definition) is 5. The second-order valence-electron chi connectivity index (χ2n) is 5.83. The van der Waals surface area contributed by atoms with Crippen LogP contribution in [0.5, 0.6) is 0 Å². The summed E-state index contributed by atoms with van der Waals surface area (Å²) in [6.07, 6.45) is 1.13. The molecule has 0 heterocycles. The van der Waals surface area contributed by atoms with Gasteiger partial charge in [0.1, 0.15) is 0 Å². The molecule has 0 unspecified atom stereocenters. The highest BCUT2D eigenvalue weighted by atomic mass is 32.2. The molecule has 108 valence electrons. The van der Waals surface area contributed by atoms with Gasteiger partial charge in [0.15, 0.2) is 9.84 Å². The van der Waals surface area contributed by atoms with Gasteiger partial charge in [0, 0.05) is 6.26 Å². The number of sulfone groups is 1. The molecule has 4 N–H and O–H groups in total. The van der Waals surface area contributed by atoms with Crippen molar-refractivity contribution < 1.29 is 13.5 Å². The van der Waals surface area contributed by atoms with E-state index in [1.807, 2.05) is 13.8 Å². The van der Waals surface area contributed by atoms with E-state index in [0.29, 0.717) is 11.4 Å². The van der Waals surface area contributed by atoms with Crippen LogP contribution in [0.3, 0.4) is 0 Å². The van der Waals surface area contributed by atoms with Crippen LogP contribution in [0.4, 0.5) is 11.4 Å². The van der Waals surface area contributed by atoms with Gasteiger partial charge in [-0.15, -0.1) is 0 Å². The van der Waals surface area contributed by atoms with E-state index in [1.165, 1.54) is 12.1 Å². The van der Waals surface area contributed by atoms with Crippen molar-refractivity contribution in [1.82, 2.24) is 0 Å². The van der Waals surface area contributed by atoms with Gasteiger partial charge in [0.2, 0.25) is 0 Å². The predicted molar refractivity (Wildman–Crippen MR) is 78.0 cm³/mol. The number of hydrogen-bond donors (Lipinski definition) is 3. The Morgan fingerprint density at radius 3 is 2.11 bits per heavy atom. The fourth-order valence-electron chi connectivity index (χ4n) is 1.37. The van der Waals surface area contributed by atoms with Crippen LogP contribution in [0.2, 0.25) is 0 Å². The molecule has 0 bridgehead atoms. The largest absolute Gasteiger partial charge is 0.397 e. The second-order valence-corrected chi connectivity index (χ2v) is 7.85. The van der Waals surface area contributed by atoms with E-state index in [2.05, 4.69) is 5.32 Å². The average molecular weight is 286 g/mol. The molecule has 0 saturated carbocycles. The normalized spacial score (nSPS) is 13.4. The van der Waals surface area contributed by atoms with E-state index in [9.17, 15) is 13.5 Å². The number of aliphatic hydroxyl groups is 1. The third-order valence-corrected chi connectivity index (χ3v) is 4.54. The van der Waals surface area contributed by atoms with Crippen LogP contribution in [0.25, 0.3) is 0 Å². The van der Waals surface area contributed by atoms with Crippen molar-refractivity contribution in [3.05, 3.63) is 18.2 Å². The van der Waals surface area contributed by atoms with Crippen molar-refractivity contribution in [3.8, 4) is 0 Å². The van der Waals surface area contributed by atoms with Crippen LogP contribution in [-0.2, 0) is 9.84 Å². The number of nitrogens with two attached hydrogens (primary N) is 1. The summed E-state index contributed by atoms with van der Waals surface area (Å²) in [5.41, 5.74) is 5.21. The molecule has 0 aliphatic heterocycles. The first-order chi connectivity index (χ1) is 8.34. The Labute approximate surface area is 114 Å². The summed E-state index contributed by atoms with van der Waals surface area (Å²) in [5, 5.41) is 13.2. The summed E-state index contributed by atoms with van der Waals surface area (Å²) in [6, 6.07) is 4.52. The van der Waals surface area contributed by atoms with Crippen molar-refractivity contribution in [3.63, 3.8) is 0 Å². The summed E-state index contributed by atoms with van der Waals surface area (Å²) in [4.78, 5) is 0.177. The third kappa shape index (κ3) is 3.61. The van der Waals surface area contributed by atoms with Crippen molar-refractivity contribution in [2.75, 3.05) is 17.3 Å².